The van der Waals surface area contributed by atoms with E-state index < -0.39 is 4.92 Å². The van der Waals surface area contributed by atoms with Gasteiger partial charge in [0.15, 0.2) is 0 Å². The number of carbonyl (C=O) groups excluding carboxylic acids is 1. The number of thioether (sulfide) groups is 1. The maximum Gasteiger partial charge on any atom is 0.269 e. The molecule has 2 aromatic rings. The predicted molar refractivity (Wildman–Crippen MR) is 89.1 cm³/mol. The fourth-order valence-corrected chi connectivity index (χ4v) is 2.70. The number of non-ortho nitro benzene ring substituents is 1. The lowest BCUT2D eigenvalue weighted by molar-refractivity contribution is -0.384. The summed E-state index contributed by atoms with van der Waals surface area (Å²) < 4.78 is 0. The van der Waals surface area contributed by atoms with Crippen LogP contribution in [0.4, 0.5) is 11.4 Å². The molecule has 0 atom stereocenters. The number of aryl methyl sites for hydroxylation is 1. The second-order valence-corrected chi connectivity index (χ2v) is 5.77. The summed E-state index contributed by atoms with van der Waals surface area (Å²) in [5, 5.41) is 13.6. The second kappa shape index (κ2) is 7.61. The minimum Gasteiger partial charge on any atom is -0.325 e. The number of nitrogens with one attached hydrogen (secondary N) is 1. The fourth-order valence-electron chi connectivity index (χ4n) is 1.92. The number of nitro groups is 1. The van der Waals surface area contributed by atoms with E-state index in [0.717, 1.165) is 16.8 Å². The summed E-state index contributed by atoms with van der Waals surface area (Å²) >= 11 is 1.43. The van der Waals surface area contributed by atoms with Gasteiger partial charge in [-0.15, -0.1) is 11.8 Å². The highest BCUT2D eigenvalue weighted by atomic mass is 32.2. The summed E-state index contributed by atoms with van der Waals surface area (Å²) in [6, 6.07) is 14.1. The molecule has 6 heteroatoms. The highest BCUT2D eigenvalue weighted by Gasteiger charge is 2.07. The summed E-state index contributed by atoms with van der Waals surface area (Å²) in [6.07, 6.45) is 0. The SMILES string of the molecule is Cc1ccccc1NC(=O)CSCc1cccc([N+](=O)[O-])c1. The lowest BCUT2D eigenvalue weighted by atomic mass is 10.2. The van der Waals surface area contributed by atoms with Gasteiger partial charge in [-0.3, -0.25) is 14.9 Å². The van der Waals surface area contributed by atoms with Crippen molar-refractivity contribution >= 4 is 29.0 Å². The van der Waals surface area contributed by atoms with Crippen molar-refractivity contribution < 1.29 is 9.72 Å². The number of hydrogen-bond acceptors (Lipinski definition) is 4. The summed E-state index contributed by atoms with van der Waals surface area (Å²) in [7, 11) is 0. The van der Waals surface area contributed by atoms with Crippen molar-refractivity contribution in [3.8, 4) is 0 Å². The van der Waals surface area contributed by atoms with E-state index in [2.05, 4.69) is 5.32 Å². The van der Waals surface area contributed by atoms with Gasteiger partial charge in [0.2, 0.25) is 5.91 Å². The first-order valence-electron chi connectivity index (χ1n) is 6.73. The zero-order valence-corrected chi connectivity index (χ0v) is 12.9. The Morgan fingerprint density at radius 3 is 2.73 bits per heavy atom. The Labute approximate surface area is 132 Å². The van der Waals surface area contributed by atoms with Crippen molar-refractivity contribution in [2.75, 3.05) is 11.1 Å². The monoisotopic (exact) mass is 316 g/mol. The molecule has 5 nitrogen and oxygen atoms in total. The van der Waals surface area contributed by atoms with Crippen LogP contribution in [0.15, 0.2) is 48.5 Å². The van der Waals surface area contributed by atoms with E-state index in [1.807, 2.05) is 37.3 Å². The standard InChI is InChI=1S/C16H16N2O3S/c1-12-5-2-3-8-15(12)17-16(19)11-22-10-13-6-4-7-14(9-13)18(20)21/h2-9H,10-11H2,1H3,(H,17,19). The van der Waals surface area contributed by atoms with Crippen molar-refractivity contribution in [3.63, 3.8) is 0 Å². The maximum atomic E-state index is 11.9. The first-order valence-corrected chi connectivity index (χ1v) is 7.88. The Hall–Kier alpha value is -2.34. The Morgan fingerprint density at radius 1 is 1.23 bits per heavy atom. The van der Waals surface area contributed by atoms with Crippen LogP contribution in [0.1, 0.15) is 11.1 Å². The number of nitro benzene ring substituents is 1. The molecule has 0 aromatic heterocycles. The van der Waals surface area contributed by atoms with E-state index in [1.165, 1.54) is 23.9 Å². The van der Waals surface area contributed by atoms with Crippen molar-refractivity contribution in [2.24, 2.45) is 0 Å². The molecular weight excluding hydrogens is 300 g/mol. The molecule has 2 rings (SSSR count). The van der Waals surface area contributed by atoms with Gasteiger partial charge in [0.1, 0.15) is 0 Å². The smallest absolute Gasteiger partial charge is 0.269 e. The first kappa shape index (κ1) is 16.0. The lowest BCUT2D eigenvalue weighted by Crippen LogP contribution is -2.14. The van der Waals surface area contributed by atoms with Crippen LogP contribution in [-0.2, 0) is 10.5 Å². The number of amides is 1. The highest BCUT2D eigenvalue weighted by Crippen LogP contribution is 2.19. The van der Waals surface area contributed by atoms with Gasteiger partial charge in [-0.1, -0.05) is 30.3 Å². The van der Waals surface area contributed by atoms with Crippen LogP contribution >= 0.6 is 11.8 Å². The molecule has 114 valence electrons. The summed E-state index contributed by atoms with van der Waals surface area (Å²) in [5.74, 6) is 0.782. The number of benzene rings is 2. The van der Waals surface area contributed by atoms with E-state index in [4.69, 9.17) is 0 Å². The van der Waals surface area contributed by atoms with Gasteiger partial charge in [0.25, 0.3) is 5.69 Å². The van der Waals surface area contributed by atoms with Crippen molar-refractivity contribution in [3.05, 3.63) is 69.8 Å². The molecule has 0 spiro atoms. The van der Waals surface area contributed by atoms with Crippen LogP contribution in [0, 0.1) is 17.0 Å². The number of anilines is 1. The summed E-state index contributed by atoms with van der Waals surface area (Å²) in [5.41, 5.74) is 2.73. The number of nitrogens with zero attached hydrogens (tertiary/aromatic N) is 1. The third-order valence-electron chi connectivity index (χ3n) is 3.04. The molecule has 0 saturated heterocycles. The number of hydrogen-bond donors (Lipinski definition) is 1. The van der Waals surface area contributed by atoms with Crippen LogP contribution in [-0.4, -0.2) is 16.6 Å². The molecule has 1 amide bonds. The van der Waals surface area contributed by atoms with Crippen LogP contribution in [0.25, 0.3) is 0 Å². The third-order valence-corrected chi connectivity index (χ3v) is 4.05. The third kappa shape index (κ3) is 4.60. The Kier molecular flexibility index (Phi) is 5.55. The number of rotatable bonds is 6. The molecular formula is C16H16N2O3S. The molecule has 1 N–H and O–H groups in total. The molecule has 0 heterocycles. The van der Waals surface area contributed by atoms with Gasteiger partial charge >= 0.3 is 0 Å². The van der Waals surface area contributed by atoms with Gasteiger partial charge in [-0.2, -0.15) is 0 Å². The van der Waals surface area contributed by atoms with Gasteiger partial charge in [0.05, 0.1) is 10.7 Å². The van der Waals surface area contributed by atoms with Crippen LogP contribution in [0.2, 0.25) is 0 Å². The molecule has 2 aromatic carbocycles. The molecule has 0 aliphatic carbocycles. The molecule has 22 heavy (non-hydrogen) atoms. The normalized spacial score (nSPS) is 10.2. The minimum atomic E-state index is -0.418. The van der Waals surface area contributed by atoms with Crippen molar-refractivity contribution in [1.82, 2.24) is 0 Å². The molecule has 0 aliphatic heterocycles. The molecule has 0 fully saturated rings. The van der Waals surface area contributed by atoms with E-state index in [9.17, 15) is 14.9 Å². The molecule has 0 aliphatic rings. The van der Waals surface area contributed by atoms with Crippen LogP contribution in [0.5, 0.6) is 0 Å². The topological polar surface area (TPSA) is 72.2 Å². The molecule has 0 radical (unpaired) electrons. The first-order chi connectivity index (χ1) is 10.6. The predicted octanol–water partition coefficient (Wildman–Crippen LogP) is 3.78. The Bertz CT molecular complexity index is 689. The van der Waals surface area contributed by atoms with Gasteiger partial charge in [-0.25, -0.2) is 0 Å². The van der Waals surface area contributed by atoms with E-state index in [-0.39, 0.29) is 11.6 Å². The zero-order valence-electron chi connectivity index (χ0n) is 12.1. The average molecular weight is 316 g/mol. The molecule has 0 bridgehead atoms. The van der Waals surface area contributed by atoms with E-state index in [0.29, 0.717) is 11.5 Å². The fraction of sp³-hybridized carbons (Fsp3) is 0.188. The van der Waals surface area contributed by atoms with Crippen LogP contribution < -0.4 is 5.32 Å². The summed E-state index contributed by atoms with van der Waals surface area (Å²) in [6.45, 7) is 1.94. The highest BCUT2D eigenvalue weighted by molar-refractivity contribution is 7.99. The van der Waals surface area contributed by atoms with Gasteiger partial charge in [0, 0.05) is 23.6 Å². The largest absolute Gasteiger partial charge is 0.325 e. The Balaban J connectivity index is 1.83. The van der Waals surface area contributed by atoms with Gasteiger partial charge in [-0.05, 0) is 24.1 Å². The quantitative estimate of drug-likeness (QED) is 0.650. The molecule has 0 unspecified atom stereocenters. The van der Waals surface area contributed by atoms with Crippen LogP contribution in [0.3, 0.4) is 0 Å². The zero-order chi connectivity index (χ0) is 15.9. The lowest BCUT2D eigenvalue weighted by Gasteiger charge is -2.07. The average Bonchev–Trinajstić information content (AvgIpc) is 2.50. The Morgan fingerprint density at radius 2 is 2.00 bits per heavy atom. The summed E-state index contributed by atoms with van der Waals surface area (Å²) in [4.78, 5) is 22.2. The van der Waals surface area contributed by atoms with Gasteiger partial charge < -0.3 is 5.32 Å². The maximum absolute atomic E-state index is 11.9. The second-order valence-electron chi connectivity index (χ2n) is 4.78. The van der Waals surface area contributed by atoms with E-state index in [1.54, 1.807) is 6.07 Å². The van der Waals surface area contributed by atoms with Crippen molar-refractivity contribution in [2.45, 2.75) is 12.7 Å². The minimum absolute atomic E-state index is 0.0717. The molecule has 0 saturated carbocycles. The van der Waals surface area contributed by atoms with E-state index >= 15 is 0 Å². The van der Waals surface area contributed by atoms with Crippen molar-refractivity contribution in [1.29, 1.82) is 0 Å². The number of para-hydroxylation sites is 1. The number of carbonyl (C=O) groups is 1.